The van der Waals surface area contributed by atoms with Crippen LogP contribution in [0.25, 0.3) is 0 Å². The quantitative estimate of drug-likeness (QED) is 0.642. The lowest BCUT2D eigenvalue weighted by molar-refractivity contribution is -0.133. The molecular weight excluding hydrogens is 481 g/mol. The van der Waals surface area contributed by atoms with Crippen LogP contribution in [0.2, 0.25) is 5.02 Å². The number of hydrogen-bond acceptors (Lipinski definition) is 6. The maximum absolute atomic E-state index is 15.1. The van der Waals surface area contributed by atoms with Gasteiger partial charge >= 0.3 is 0 Å². The minimum absolute atomic E-state index is 0.0599. The Kier molecular flexibility index (Phi) is 6.50. The van der Waals surface area contributed by atoms with E-state index in [0.717, 1.165) is 24.2 Å². The van der Waals surface area contributed by atoms with Gasteiger partial charge < -0.3 is 20.2 Å². The number of halogens is 2. The first kappa shape index (κ1) is 25.4. The molecule has 7 nitrogen and oxygen atoms in total. The van der Waals surface area contributed by atoms with E-state index in [9.17, 15) is 9.90 Å². The fourth-order valence-electron chi connectivity index (χ4n) is 6.34. The molecule has 0 radical (unpaired) electrons. The van der Waals surface area contributed by atoms with Crippen molar-refractivity contribution in [2.45, 2.75) is 76.0 Å². The Morgan fingerprint density at radius 1 is 1.22 bits per heavy atom. The number of aromatic nitrogens is 2. The smallest absolute Gasteiger partial charge is 0.231 e. The molecule has 36 heavy (non-hydrogen) atoms. The summed E-state index contributed by atoms with van der Waals surface area (Å²) in [6.07, 6.45) is 3.86. The summed E-state index contributed by atoms with van der Waals surface area (Å²) in [6, 6.07) is 4.46. The molecule has 1 amide bonds. The number of anilines is 1. The lowest BCUT2D eigenvalue weighted by Gasteiger charge is -2.39. The van der Waals surface area contributed by atoms with Gasteiger partial charge in [0.05, 0.1) is 11.6 Å². The van der Waals surface area contributed by atoms with Gasteiger partial charge in [0.25, 0.3) is 0 Å². The third-order valence-electron chi connectivity index (χ3n) is 8.08. The van der Waals surface area contributed by atoms with Crippen LogP contribution in [-0.4, -0.2) is 63.6 Å². The van der Waals surface area contributed by atoms with Crippen LogP contribution in [0.1, 0.15) is 75.6 Å². The second kappa shape index (κ2) is 9.23. The van der Waals surface area contributed by atoms with Crippen molar-refractivity contribution in [2.24, 2.45) is 0 Å². The van der Waals surface area contributed by atoms with Gasteiger partial charge in [0.15, 0.2) is 0 Å². The maximum atomic E-state index is 15.1. The van der Waals surface area contributed by atoms with Crippen LogP contribution in [-0.2, 0) is 10.4 Å². The highest BCUT2D eigenvalue weighted by Crippen LogP contribution is 2.46. The highest BCUT2D eigenvalue weighted by molar-refractivity contribution is 6.30. The van der Waals surface area contributed by atoms with Crippen molar-refractivity contribution in [3.05, 3.63) is 52.2 Å². The Morgan fingerprint density at radius 2 is 1.94 bits per heavy atom. The lowest BCUT2D eigenvalue weighted by atomic mass is 9.88. The van der Waals surface area contributed by atoms with Crippen LogP contribution in [0, 0.1) is 5.82 Å². The first-order valence-corrected chi connectivity index (χ1v) is 13.2. The SMILES string of the molecule is C[C@@H]1C[C@@](C)(O)c2ncnc(N3CCN(C(=O)[C@@H](c4ccc(Cl)cc4F)[C@@H]4CCC(C)(C)N4)CC3)c21. The van der Waals surface area contributed by atoms with Gasteiger partial charge in [0.2, 0.25) is 5.91 Å². The molecule has 5 rings (SSSR count). The summed E-state index contributed by atoms with van der Waals surface area (Å²) in [7, 11) is 0. The van der Waals surface area contributed by atoms with Crippen molar-refractivity contribution in [1.29, 1.82) is 0 Å². The van der Waals surface area contributed by atoms with Gasteiger partial charge in [-0.05, 0) is 58.1 Å². The lowest BCUT2D eigenvalue weighted by Crippen LogP contribution is -2.53. The third kappa shape index (κ3) is 4.59. The monoisotopic (exact) mass is 515 g/mol. The van der Waals surface area contributed by atoms with Gasteiger partial charge in [-0.15, -0.1) is 0 Å². The zero-order valence-electron chi connectivity index (χ0n) is 21.4. The first-order chi connectivity index (χ1) is 17.0. The third-order valence-corrected chi connectivity index (χ3v) is 8.32. The number of amides is 1. The second-order valence-corrected chi connectivity index (χ2v) is 11.9. The van der Waals surface area contributed by atoms with Gasteiger partial charge in [-0.1, -0.05) is 24.6 Å². The summed E-state index contributed by atoms with van der Waals surface area (Å²) in [5, 5.41) is 14.7. The Hall–Kier alpha value is -2.29. The molecule has 1 aromatic carbocycles. The molecular formula is C27H35ClFN5O2. The van der Waals surface area contributed by atoms with Gasteiger partial charge in [0.1, 0.15) is 23.6 Å². The number of piperazine rings is 1. The highest BCUT2D eigenvalue weighted by atomic mass is 35.5. The number of rotatable bonds is 4. The van der Waals surface area contributed by atoms with Crippen molar-refractivity contribution >= 4 is 23.3 Å². The van der Waals surface area contributed by atoms with E-state index in [0.29, 0.717) is 48.9 Å². The number of carbonyl (C=O) groups excluding carboxylic acids is 1. The number of aliphatic hydroxyl groups is 1. The molecule has 1 aliphatic carbocycles. The summed E-state index contributed by atoms with van der Waals surface area (Å²) in [5.74, 6) is -0.121. The highest BCUT2D eigenvalue weighted by Gasteiger charge is 2.43. The van der Waals surface area contributed by atoms with Crippen LogP contribution in [0.3, 0.4) is 0 Å². The van der Waals surface area contributed by atoms with Crippen LogP contribution in [0.4, 0.5) is 10.2 Å². The Bertz CT molecular complexity index is 1160. The summed E-state index contributed by atoms with van der Waals surface area (Å²) in [5.41, 5.74) is 1.04. The fraction of sp³-hybridized carbons (Fsp3) is 0.593. The van der Waals surface area contributed by atoms with Crippen LogP contribution >= 0.6 is 11.6 Å². The van der Waals surface area contributed by atoms with E-state index in [-0.39, 0.29) is 23.4 Å². The summed E-state index contributed by atoms with van der Waals surface area (Å²) in [4.78, 5) is 26.9. The molecule has 2 aromatic rings. The van der Waals surface area contributed by atoms with E-state index in [1.54, 1.807) is 19.1 Å². The molecule has 0 spiro atoms. The molecule has 0 unspecified atom stereocenters. The zero-order valence-corrected chi connectivity index (χ0v) is 22.1. The van der Waals surface area contributed by atoms with Crippen LogP contribution in [0.5, 0.6) is 0 Å². The second-order valence-electron chi connectivity index (χ2n) is 11.5. The standard InChI is InChI=1S/C27H35ClFN5O2/c1-16-14-27(4,36)23-21(16)24(31-15-30-23)33-9-11-34(12-10-33)25(35)22(20-7-8-26(2,3)32-20)18-6-5-17(28)13-19(18)29/h5-6,13,15-16,20,22,32,36H,7-12,14H2,1-4H3/t16-,20+,22+,27-/m1/s1. The Balaban J connectivity index is 1.37. The zero-order chi connectivity index (χ0) is 25.8. The number of carbonyl (C=O) groups is 1. The molecule has 2 N–H and O–H groups in total. The molecule has 2 aliphatic heterocycles. The van der Waals surface area contributed by atoms with Crippen molar-refractivity contribution in [3.63, 3.8) is 0 Å². The van der Waals surface area contributed by atoms with E-state index >= 15 is 4.39 Å². The molecule has 4 atom stereocenters. The van der Waals surface area contributed by atoms with Crippen LogP contribution < -0.4 is 10.2 Å². The van der Waals surface area contributed by atoms with Crippen molar-refractivity contribution in [1.82, 2.24) is 20.2 Å². The van der Waals surface area contributed by atoms with E-state index < -0.39 is 17.3 Å². The molecule has 2 fully saturated rings. The normalized spacial score (nSPS) is 28.3. The number of benzene rings is 1. The number of nitrogens with one attached hydrogen (secondary N) is 1. The largest absolute Gasteiger partial charge is 0.384 e. The van der Waals surface area contributed by atoms with Gasteiger partial charge in [-0.3, -0.25) is 4.79 Å². The van der Waals surface area contributed by atoms with Gasteiger partial charge in [0, 0.05) is 53.9 Å². The predicted molar refractivity (Wildman–Crippen MR) is 138 cm³/mol. The first-order valence-electron chi connectivity index (χ1n) is 12.8. The Labute approximate surface area is 217 Å². The molecule has 0 saturated carbocycles. The number of nitrogens with zero attached hydrogens (tertiary/aromatic N) is 4. The summed E-state index contributed by atoms with van der Waals surface area (Å²) in [6.45, 7) is 10.4. The summed E-state index contributed by atoms with van der Waals surface area (Å²) < 4.78 is 15.1. The summed E-state index contributed by atoms with van der Waals surface area (Å²) >= 11 is 6.01. The van der Waals surface area contributed by atoms with Crippen molar-refractivity contribution in [3.8, 4) is 0 Å². The molecule has 3 aliphatic rings. The maximum Gasteiger partial charge on any atom is 0.231 e. The van der Waals surface area contributed by atoms with E-state index in [1.165, 1.54) is 12.4 Å². The van der Waals surface area contributed by atoms with E-state index in [4.69, 9.17) is 11.6 Å². The Morgan fingerprint density at radius 3 is 2.58 bits per heavy atom. The van der Waals surface area contributed by atoms with Gasteiger partial charge in [-0.25, -0.2) is 14.4 Å². The molecule has 0 bridgehead atoms. The van der Waals surface area contributed by atoms with Crippen LogP contribution in [0.15, 0.2) is 24.5 Å². The molecule has 9 heteroatoms. The minimum atomic E-state index is -0.956. The molecule has 194 valence electrons. The van der Waals surface area contributed by atoms with E-state index in [1.807, 2.05) is 4.90 Å². The van der Waals surface area contributed by atoms with Gasteiger partial charge in [-0.2, -0.15) is 0 Å². The molecule has 3 heterocycles. The van der Waals surface area contributed by atoms with E-state index in [2.05, 4.69) is 41.0 Å². The average Bonchev–Trinajstić information content (AvgIpc) is 3.30. The predicted octanol–water partition coefficient (Wildman–Crippen LogP) is 3.95. The number of hydrogen-bond donors (Lipinski definition) is 2. The number of fused-ring (bicyclic) bond motifs is 1. The van der Waals surface area contributed by atoms with Crippen molar-refractivity contribution in [2.75, 3.05) is 31.1 Å². The minimum Gasteiger partial charge on any atom is -0.384 e. The molecule has 2 saturated heterocycles. The van der Waals surface area contributed by atoms with Crippen molar-refractivity contribution < 1.29 is 14.3 Å². The molecule has 1 aromatic heterocycles. The topological polar surface area (TPSA) is 81.6 Å². The average molecular weight is 516 g/mol. The fourth-order valence-corrected chi connectivity index (χ4v) is 6.50.